The summed E-state index contributed by atoms with van der Waals surface area (Å²) in [5, 5.41) is 1.59. The molecular formula is C33H45FN3O8P. The van der Waals surface area contributed by atoms with E-state index in [1.54, 1.807) is 32.9 Å². The number of fused-ring (bicyclic) bond motifs is 3. The first-order valence-corrected chi connectivity index (χ1v) is 18.2. The number of benzene rings is 1. The highest BCUT2D eigenvalue weighted by atomic mass is 31.2. The van der Waals surface area contributed by atoms with Crippen LogP contribution in [0.3, 0.4) is 0 Å². The number of halogens is 1. The minimum Gasteiger partial charge on any atom is -0.444 e. The Labute approximate surface area is 269 Å². The van der Waals surface area contributed by atoms with E-state index in [0.29, 0.717) is 30.4 Å². The maximum atomic E-state index is 14.3. The number of hydrogen-bond donors (Lipinski definition) is 2. The molecule has 4 aliphatic rings. The zero-order chi connectivity index (χ0) is 33.4. The van der Waals surface area contributed by atoms with Gasteiger partial charge in [0.15, 0.2) is 5.78 Å². The van der Waals surface area contributed by atoms with Gasteiger partial charge in [-0.3, -0.25) is 19.1 Å². The van der Waals surface area contributed by atoms with Gasteiger partial charge >= 0.3 is 12.2 Å². The molecule has 1 aliphatic carbocycles. The zero-order valence-corrected chi connectivity index (χ0v) is 27.9. The van der Waals surface area contributed by atoms with Crippen LogP contribution in [0.5, 0.6) is 0 Å². The molecular weight excluding hydrogens is 616 g/mol. The van der Waals surface area contributed by atoms with Gasteiger partial charge in [-0.15, -0.1) is 0 Å². The lowest BCUT2D eigenvalue weighted by Crippen LogP contribution is -2.52. The number of amides is 3. The van der Waals surface area contributed by atoms with Crippen molar-refractivity contribution >= 4 is 31.2 Å². The maximum absolute atomic E-state index is 14.3. The summed E-state index contributed by atoms with van der Waals surface area (Å²) >= 11 is 0. The molecule has 13 heteroatoms. The van der Waals surface area contributed by atoms with Crippen molar-refractivity contribution in [1.29, 1.82) is 0 Å². The van der Waals surface area contributed by atoms with Gasteiger partial charge in [-0.05, 0) is 64.0 Å². The van der Waals surface area contributed by atoms with Gasteiger partial charge in [-0.2, -0.15) is 0 Å². The molecule has 1 saturated heterocycles. The highest BCUT2D eigenvalue weighted by molar-refractivity contribution is 7.59. The predicted molar refractivity (Wildman–Crippen MR) is 168 cm³/mol. The first-order chi connectivity index (χ1) is 21.6. The Morgan fingerprint density at radius 1 is 1.15 bits per heavy atom. The van der Waals surface area contributed by atoms with Crippen LogP contribution in [0.15, 0.2) is 30.4 Å². The molecule has 0 spiro atoms. The lowest BCUT2D eigenvalue weighted by Gasteiger charge is -2.30. The predicted octanol–water partition coefficient (Wildman–Crippen LogP) is 5.28. The van der Waals surface area contributed by atoms with Crippen LogP contribution in [0.4, 0.5) is 14.0 Å². The molecule has 252 valence electrons. The maximum Gasteiger partial charge on any atom is 0.410 e. The molecule has 0 aromatic heterocycles. The molecule has 0 radical (unpaired) electrons. The smallest absolute Gasteiger partial charge is 0.410 e. The third-order valence-electron chi connectivity index (χ3n) is 9.50. The monoisotopic (exact) mass is 661 g/mol. The summed E-state index contributed by atoms with van der Waals surface area (Å²) < 4.78 is 38.7. The second-order valence-corrected chi connectivity index (χ2v) is 16.8. The van der Waals surface area contributed by atoms with E-state index < -0.39 is 60.2 Å². The number of Topliss-reactive ketones (excluding diaryl/α,β-unsaturated/α-hetero) is 1. The Hall–Kier alpha value is -3.24. The van der Waals surface area contributed by atoms with E-state index in [-0.39, 0.29) is 44.2 Å². The molecule has 46 heavy (non-hydrogen) atoms. The number of carbonyl (C=O) groups excluding carboxylic acids is 4. The van der Waals surface area contributed by atoms with Gasteiger partial charge in [0.2, 0.25) is 13.3 Å². The first kappa shape index (κ1) is 34.1. The van der Waals surface area contributed by atoms with Crippen LogP contribution >= 0.6 is 7.37 Å². The van der Waals surface area contributed by atoms with Gasteiger partial charge < -0.3 is 24.6 Å². The van der Waals surface area contributed by atoms with Crippen molar-refractivity contribution in [2.24, 2.45) is 5.92 Å². The normalized spacial score (nSPS) is 30.6. The van der Waals surface area contributed by atoms with Crippen molar-refractivity contribution in [2.45, 2.75) is 114 Å². The molecule has 11 nitrogen and oxygen atoms in total. The molecule has 1 saturated carbocycles. The first-order valence-electron chi connectivity index (χ1n) is 16.1. The Balaban J connectivity index is 1.39. The van der Waals surface area contributed by atoms with Gasteiger partial charge in [0.25, 0.3) is 0 Å². The van der Waals surface area contributed by atoms with Crippen molar-refractivity contribution in [3.63, 3.8) is 0 Å². The number of alkyl carbamates (subject to hydrolysis) is 1. The van der Waals surface area contributed by atoms with Crippen LogP contribution < -0.4 is 5.32 Å². The summed E-state index contributed by atoms with van der Waals surface area (Å²) in [4.78, 5) is 67.6. The second kappa shape index (κ2) is 13.1. The van der Waals surface area contributed by atoms with Crippen LogP contribution in [0.2, 0.25) is 0 Å². The molecule has 3 amide bonds. The number of nitrogens with zero attached hydrogens (tertiary/aromatic N) is 2. The van der Waals surface area contributed by atoms with Gasteiger partial charge in [0.1, 0.15) is 23.6 Å². The molecule has 3 heterocycles. The lowest BCUT2D eigenvalue weighted by atomic mass is 10.0. The number of ketones is 1. The lowest BCUT2D eigenvalue weighted by molar-refractivity contribution is -0.139. The third-order valence-corrected chi connectivity index (χ3v) is 11.8. The summed E-state index contributed by atoms with van der Waals surface area (Å²) in [5.41, 5.74) is 0.311. The largest absolute Gasteiger partial charge is 0.444 e. The van der Waals surface area contributed by atoms with Crippen LogP contribution in [0.1, 0.15) is 83.3 Å². The van der Waals surface area contributed by atoms with Crippen LogP contribution in [-0.2, 0) is 36.7 Å². The van der Waals surface area contributed by atoms with E-state index in [9.17, 15) is 33.0 Å². The quantitative estimate of drug-likeness (QED) is 0.329. The molecule has 2 fully saturated rings. The van der Waals surface area contributed by atoms with Crippen LogP contribution in [0, 0.1) is 11.7 Å². The van der Waals surface area contributed by atoms with Crippen molar-refractivity contribution in [3.05, 3.63) is 47.3 Å². The number of carbonyl (C=O) groups is 4. The van der Waals surface area contributed by atoms with E-state index in [2.05, 4.69) is 5.32 Å². The van der Waals surface area contributed by atoms with E-state index in [0.717, 1.165) is 19.3 Å². The number of rotatable bonds is 3. The number of hydrogen-bond acceptors (Lipinski definition) is 7. The fraction of sp³-hybridized carbons (Fsp3) is 0.636. The zero-order valence-electron chi connectivity index (χ0n) is 27.0. The fourth-order valence-electron chi connectivity index (χ4n) is 6.93. The van der Waals surface area contributed by atoms with Crippen molar-refractivity contribution in [2.75, 3.05) is 13.2 Å². The summed E-state index contributed by atoms with van der Waals surface area (Å²) in [5.74, 6) is -1.52. The van der Waals surface area contributed by atoms with Gasteiger partial charge in [0.05, 0.1) is 24.3 Å². The molecule has 3 aliphatic heterocycles. The van der Waals surface area contributed by atoms with Gasteiger partial charge in [-0.1, -0.05) is 37.1 Å². The molecule has 1 aromatic rings. The SMILES string of the molecule is CC(C)(C)OC(=O)N[C@H]1CCCCC/C=C\[C@@H]2C[C@@]2(P(C)(=O)O)CC(=O)[C@@H]2C[C@@H](OC(=O)N3Cc4cccc(F)c4C3)CN2C1=O. The summed E-state index contributed by atoms with van der Waals surface area (Å²) in [7, 11) is -3.71. The molecule has 1 unspecified atom stereocenters. The molecule has 1 aromatic carbocycles. The number of ether oxygens (including phenoxy) is 2. The Morgan fingerprint density at radius 3 is 2.61 bits per heavy atom. The average molecular weight is 662 g/mol. The van der Waals surface area contributed by atoms with Crippen LogP contribution in [-0.4, -0.2) is 80.7 Å². The van der Waals surface area contributed by atoms with Gasteiger partial charge in [0, 0.05) is 31.6 Å². The van der Waals surface area contributed by atoms with Gasteiger partial charge in [-0.25, -0.2) is 14.0 Å². The average Bonchev–Trinajstić information content (AvgIpc) is 3.27. The van der Waals surface area contributed by atoms with Crippen LogP contribution in [0.25, 0.3) is 0 Å². The van der Waals surface area contributed by atoms with E-state index in [1.165, 1.54) is 22.5 Å². The van der Waals surface area contributed by atoms with E-state index in [4.69, 9.17) is 9.47 Å². The van der Waals surface area contributed by atoms with Crippen molar-refractivity contribution in [1.82, 2.24) is 15.1 Å². The molecule has 5 rings (SSSR count). The molecule has 6 atom stereocenters. The van der Waals surface area contributed by atoms with E-state index >= 15 is 0 Å². The fourth-order valence-corrected chi connectivity index (χ4v) is 8.62. The Bertz CT molecular complexity index is 1450. The molecule has 2 N–H and O–H groups in total. The topological polar surface area (TPSA) is 143 Å². The molecule has 0 bridgehead atoms. The highest BCUT2D eigenvalue weighted by Crippen LogP contribution is 2.71. The Morgan fingerprint density at radius 2 is 1.91 bits per heavy atom. The van der Waals surface area contributed by atoms with E-state index in [1.807, 2.05) is 12.2 Å². The minimum atomic E-state index is -3.71. The number of allylic oxidation sites excluding steroid dienone is 2. The highest BCUT2D eigenvalue weighted by Gasteiger charge is 2.63. The minimum absolute atomic E-state index is 0.000646. The summed E-state index contributed by atoms with van der Waals surface area (Å²) in [6.07, 6.45) is 5.14. The van der Waals surface area contributed by atoms with Crippen molar-refractivity contribution in [3.8, 4) is 0 Å². The van der Waals surface area contributed by atoms with Crippen molar-refractivity contribution < 1.29 is 42.5 Å². The Kier molecular flexibility index (Phi) is 9.72. The third kappa shape index (κ3) is 7.49. The summed E-state index contributed by atoms with van der Waals surface area (Å²) in [6, 6.07) is 2.65. The summed E-state index contributed by atoms with van der Waals surface area (Å²) in [6.45, 7) is 6.55. The second-order valence-electron chi connectivity index (χ2n) is 14.2. The standard InChI is InChI=1S/C33H45FN3O8P/c1-32(2,3)45-30(40)35-26-14-9-7-5-6-8-12-22-16-33(22,46(4,42)43)17-28(38)27-15-23(19-37(27)29(26)39)44-31(41)36-18-21-11-10-13-25(34)24(21)20-36/h8,10-13,22-23,26-27H,5-7,9,14-20H2,1-4H3,(H,35,40)(H,42,43)/b12-8-/t22-,23-,26+,27+,33-/m1/s1. The number of nitrogens with one attached hydrogen (secondary N) is 1.